The van der Waals surface area contributed by atoms with Gasteiger partial charge < -0.3 is 15.0 Å². The number of anilines is 1. The van der Waals surface area contributed by atoms with Gasteiger partial charge in [0, 0.05) is 30.9 Å². The lowest BCUT2D eigenvalue weighted by Crippen LogP contribution is -2.22. The Balaban J connectivity index is 1.90. The Bertz CT molecular complexity index is 739. The molecule has 0 saturated carbocycles. The molecule has 0 heterocycles. The molecule has 24 heavy (non-hydrogen) atoms. The number of hydrogen-bond acceptors (Lipinski definition) is 4. The van der Waals surface area contributed by atoms with Gasteiger partial charge in [-0.2, -0.15) is 0 Å². The molecule has 6 nitrogen and oxygen atoms in total. The zero-order valence-corrected chi connectivity index (χ0v) is 13.5. The Morgan fingerprint density at radius 3 is 2.46 bits per heavy atom. The third kappa shape index (κ3) is 4.67. The number of amides is 2. The van der Waals surface area contributed by atoms with Crippen LogP contribution in [-0.2, 0) is 4.79 Å². The van der Waals surface area contributed by atoms with Crippen molar-refractivity contribution in [3.05, 3.63) is 59.7 Å². The second-order valence-electron chi connectivity index (χ2n) is 5.30. The minimum Gasteiger partial charge on any atom is -0.484 e. The lowest BCUT2D eigenvalue weighted by Gasteiger charge is -2.11. The number of hydrogen-bond donors (Lipinski definition) is 1. The highest BCUT2D eigenvalue weighted by Crippen LogP contribution is 2.13. The van der Waals surface area contributed by atoms with E-state index in [2.05, 4.69) is 5.32 Å². The summed E-state index contributed by atoms with van der Waals surface area (Å²) in [6.45, 7) is -0.180. The molecule has 2 amide bonds. The molecule has 6 heteroatoms. The van der Waals surface area contributed by atoms with Crippen molar-refractivity contribution >= 4 is 23.8 Å². The van der Waals surface area contributed by atoms with E-state index in [0.717, 1.165) is 0 Å². The number of aldehydes is 1. The van der Waals surface area contributed by atoms with Gasteiger partial charge in [-0.15, -0.1) is 0 Å². The van der Waals surface area contributed by atoms with E-state index in [9.17, 15) is 14.4 Å². The fraction of sp³-hybridized carbons (Fsp3) is 0.167. The van der Waals surface area contributed by atoms with Crippen molar-refractivity contribution in [2.45, 2.75) is 0 Å². The van der Waals surface area contributed by atoms with Crippen molar-refractivity contribution in [3.63, 3.8) is 0 Å². The molecule has 0 unspecified atom stereocenters. The first kappa shape index (κ1) is 17.2. The van der Waals surface area contributed by atoms with Gasteiger partial charge in [-0.05, 0) is 36.4 Å². The molecule has 124 valence electrons. The average molecular weight is 326 g/mol. The Hall–Kier alpha value is -3.15. The molecule has 0 atom stereocenters. The van der Waals surface area contributed by atoms with Crippen LogP contribution in [-0.4, -0.2) is 43.7 Å². The van der Waals surface area contributed by atoms with E-state index in [1.807, 2.05) is 0 Å². The van der Waals surface area contributed by atoms with Crippen LogP contribution in [0, 0.1) is 0 Å². The lowest BCUT2D eigenvalue weighted by molar-refractivity contribution is -0.118. The van der Waals surface area contributed by atoms with Crippen molar-refractivity contribution in [2.24, 2.45) is 0 Å². The fourth-order valence-electron chi connectivity index (χ4n) is 1.98. The molecule has 2 aromatic rings. The maximum absolute atomic E-state index is 11.9. The molecule has 0 aliphatic carbocycles. The SMILES string of the molecule is CN(C)C(=O)c1ccc(NC(=O)COc2cccc(C=O)c2)cc1. The molecular formula is C18H18N2O4. The number of benzene rings is 2. The van der Waals surface area contributed by atoms with Crippen molar-refractivity contribution in [1.29, 1.82) is 0 Å². The lowest BCUT2D eigenvalue weighted by atomic mass is 10.2. The Kier molecular flexibility index (Phi) is 5.68. The Labute approximate surface area is 140 Å². The fourth-order valence-corrected chi connectivity index (χ4v) is 1.98. The summed E-state index contributed by atoms with van der Waals surface area (Å²) in [5.74, 6) is 0.00568. The number of carbonyl (C=O) groups excluding carboxylic acids is 3. The van der Waals surface area contributed by atoms with E-state index in [1.54, 1.807) is 62.6 Å². The zero-order chi connectivity index (χ0) is 17.5. The summed E-state index contributed by atoms with van der Waals surface area (Å²) in [5, 5.41) is 2.68. The first-order valence-corrected chi connectivity index (χ1v) is 7.29. The van der Waals surface area contributed by atoms with Gasteiger partial charge in [0.25, 0.3) is 11.8 Å². The van der Waals surface area contributed by atoms with E-state index < -0.39 is 0 Å². The van der Waals surface area contributed by atoms with Gasteiger partial charge >= 0.3 is 0 Å². The quantitative estimate of drug-likeness (QED) is 0.826. The maximum atomic E-state index is 11.9. The topological polar surface area (TPSA) is 75.7 Å². The van der Waals surface area contributed by atoms with Gasteiger partial charge in [-0.3, -0.25) is 14.4 Å². The number of carbonyl (C=O) groups is 3. The van der Waals surface area contributed by atoms with Crippen LogP contribution >= 0.6 is 0 Å². The summed E-state index contributed by atoms with van der Waals surface area (Å²) < 4.78 is 5.34. The predicted octanol–water partition coefficient (Wildman–Crippen LogP) is 2.22. The van der Waals surface area contributed by atoms with Crippen LogP contribution in [0.2, 0.25) is 0 Å². The highest BCUT2D eigenvalue weighted by molar-refractivity contribution is 5.95. The average Bonchev–Trinajstić information content (AvgIpc) is 2.60. The minimum absolute atomic E-state index is 0.105. The van der Waals surface area contributed by atoms with Gasteiger partial charge in [0.15, 0.2) is 6.61 Å². The summed E-state index contributed by atoms with van der Waals surface area (Å²) in [5.41, 5.74) is 1.59. The van der Waals surface area contributed by atoms with Crippen molar-refractivity contribution in [2.75, 3.05) is 26.0 Å². The molecule has 0 aliphatic rings. The zero-order valence-electron chi connectivity index (χ0n) is 13.5. The van der Waals surface area contributed by atoms with Crippen LogP contribution in [0.1, 0.15) is 20.7 Å². The highest BCUT2D eigenvalue weighted by Gasteiger charge is 2.08. The smallest absolute Gasteiger partial charge is 0.262 e. The summed E-state index contributed by atoms with van der Waals surface area (Å²) in [4.78, 5) is 35.8. The number of ether oxygens (including phenoxy) is 1. The number of nitrogens with zero attached hydrogens (tertiary/aromatic N) is 1. The standard InChI is InChI=1S/C18H18N2O4/c1-20(2)18(23)14-6-8-15(9-7-14)19-17(22)12-24-16-5-3-4-13(10-16)11-21/h3-11H,12H2,1-2H3,(H,19,22). The predicted molar refractivity (Wildman–Crippen MR) is 90.4 cm³/mol. The maximum Gasteiger partial charge on any atom is 0.262 e. The Morgan fingerprint density at radius 1 is 1.12 bits per heavy atom. The highest BCUT2D eigenvalue weighted by atomic mass is 16.5. The first-order chi connectivity index (χ1) is 11.5. The first-order valence-electron chi connectivity index (χ1n) is 7.29. The van der Waals surface area contributed by atoms with Gasteiger partial charge in [0.2, 0.25) is 0 Å². The largest absolute Gasteiger partial charge is 0.484 e. The van der Waals surface area contributed by atoms with E-state index in [4.69, 9.17) is 4.74 Å². The second-order valence-corrected chi connectivity index (χ2v) is 5.30. The van der Waals surface area contributed by atoms with Gasteiger partial charge in [0.05, 0.1) is 0 Å². The van der Waals surface area contributed by atoms with Crippen molar-refractivity contribution < 1.29 is 19.1 Å². The molecule has 0 saturated heterocycles. The van der Waals surface area contributed by atoms with E-state index >= 15 is 0 Å². The number of rotatable bonds is 6. The van der Waals surface area contributed by atoms with Gasteiger partial charge in [-0.1, -0.05) is 12.1 Å². The van der Waals surface area contributed by atoms with Crippen LogP contribution in [0.25, 0.3) is 0 Å². The normalized spacial score (nSPS) is 9.92. The van der Waals surface area contributed by atoms with Crippen LogP contribution in [0.3, 0.4) is 0 Å². The molecule has 0 bridgehead atoms. The third-order valence-corrected chi connectivity index (χ3v) is 3.19. The van der Waals surface area contributed by atoms with Crippen LogP contribution in [0.5, 0.6) is 5.75 Å². The van der Waals surface area contributed by atoms with E-state index in [1.165, 1.54) is 4.90 Å². The van der Waals surface area contributed by atoms with Gasteiger partial charge in [0.1, 0.15) is 12.0 Å². The van der Waals surface area contributed by atoms with Crippen LogP contribution in [0.15, 0.2) is 48.5 Å². The summed E-state index contributed by atoms with van der Waals surface area (Å²) in [6.07, 6.45) is 0.712. The van der Waals surface area contributed by atoms with Crippen molar-refractivity contribution in [3.8, 4) is 5.75 Å². The molecule has 1 N–H and O–H groups in total. The summed E-state index contributed by atoms with van der Waals surface area (Å²) in [7, 11) is 3.35. The summed E-state index contributed by atoms with van der Waals surface area (Å²) >= 11 is 0. The molecular weight excluding hydrogens is 308 g/mol. The van der Waals surface area contributed by atoms with E-state index in [-0.39, 0.29) is 18.4 Å². The third-order valence-electron chi connectivity index (χ3n) is 3.19. The second kappa shape index (κ2) is 7.92. The monoisotopic (exact) mass is 326 g/mol. The van der Waals surface area contributed by atoms with Crippen LogP contribution < -0.4 is 10.1 Å². The molecule has 0 radical (unpaired) electrons. The molecule has 2 rings (SSSR count). The van der Waals surface area contributed by atoms with Gasteiger partial charge in [-0.25, -0.2) is 0 Å². The molecule has 0 aromatic heterocycles. The number of nitrogens with one attached hydrogen (secondary N) is 1. The van der Waals surface area contributed by atoms with Crippen LogP contribution in [0.4, 0.5) is 5.69 Å². The molecule has 2 aromatic carbocycles. The molecule has 0 aliphatic heterocycles. The van der Waals surface area contributed by atoms with Crippen molar-refractivity contribution in [1.82, 2.24) is 4.90 Å². The Morgan fingerprint density at radius 2 is 1.83 bits per heavy atom. The molecule has 0 fully saturated rings. The minimum atomic E-state index is -0.335. The summed E-state index contributed by atoms with van der Waals surface area (Å²) in [6, 6.07) is 13.2. The molecule has 0 spiro atoms. The van der Waals surface area contributed by atoms with E-state index in [0.29, 0.717) is 28.8 Å².